The zero-order chi connectivity index (χ0) is 19.7. The molecule has 2 aromatic heterocycles. The summed E-state index contributed by atoms with van der Waals surface area (Å²) in [5.74, 6) is 1.82. The second-order valence-corrected chi connectivity index (χ2v) is 7.85. The summed E-state index contributed by atoms with van der Waals surface area (Å²) in [6.07, 6.45) is 7.52. The van der Waals surface area contributed by atoms with Crippen LogP contribution in [0.3, 0.4) is 0 Å². The number of hydrogen-bond donors (Lipinski definition) is 2. The first kappa shape index (κ1) is 18.7. The first-order valence-electron chi connectivity index (χ1n) is 10.1. The maximum atomic E-state index is 13.1. The van der Waals surface area contributed by atoms with E-state index >= 15 is 0 Å². The molecule has 7 nitrogen and oxygen atoms in total. The second kappa shape index (κ2) is 7.37. The minimum absolute atomic E-state index is 0.0486. The van der Waals surface area contributed by atoms with Gasteiger partial charge in [-0.15, -0.1) is 0 Å². The summed E-state index contributed by atoms with van der Waals surface area (Å²) in [4.78, 5) is 20.9. The van der Waals surface area contributed by atoms with Gasteiger partial charge in [0.2, 0.25) is 5.91 Å². The first-order valence-corrected chi connectivity index (χ1v) is 10.1. The third-order valence-electron chi connectivity index (χ3n) is 5.89. The van der Waals surface area contributed by atoms with Crippen LogP contribution in [-0.2, 0) is 11.2 Å². The lowest BCUT2D eigenvalue weighted by Gasteiger charge is -2.34. The number of carbonyl (C=O) groups excluding carboxylic acids is 1. The van der Waals surface area contributed by atoms with Crippen LogP contribution < -0.4 is 5.32 Å². The van der Waals surface area contributed by atoms with E-state index in [0.717, 1.165) is 50.4 Å². The summed E-state index contributed by atoms with van der Waals surface area (Å²) >= 11 is 0. The Kier molecular flexibility index (Phi) is 4.91. The van der Waals surface area contributed by atoms with Crippen LogP contribution in [0.5, 0.6) is 0 Å². The third-order valence-corrected chi connectivity index (χ3v) is 5.89. The Balaban J connectivity index is 1.52. The van der Waals surface area contributed by atoms with Crippen LogP contribution in [0.2, 0.25) is 0 Å². The molecular weight excluding hydrogens is 354 g/mol. The number of allylic oxidation sites excluding steroid dienone is 1. The number of hydrogen-bond acceptors (Lipinski definition) is 5. The van der Waals surface area contributed by atoms with Gasteiger partial charge in [-0.25, -0.2) is 0 Å². The van der Waals surface area contributed by atoms with Crippen molar-refractivity contribution in [3.8, 4) is 0 Å². The number of nitrogens with zero attached hydrogens (tertiary/aromatic N) is 3. The summed E-state index contributed by atoms with van der Waals surface area (Å²) in [6.45, 7) is 6.58. The van der Waals surface area contributed by atoms with Gasteiger partial charge in [0.15, 0.2) is 0 Å². The SMILES string of the molecule is C/C=C(\c1cc[nH]c1NC)N1CCCN(C(=O)Cc2cc(C)no2)C2(CC2)C1. The van der Waals surface area contributed by atoms with E-state index in [0.29, 0.717) is 12.2 Å². The van der Waals surface area contributed by atoms with E-state index in [2.05, 4.69) is 44.3 Å². The molecule has 150 valence electrons. The molecular formula is C21H29N5O2. The van der Waals surface area contributed by atoms with Crippen molar-refractivity contribution in [1.82, 2.24) is 19.9 Å². The Morgan fingerprint density at radius 2 is 2.25 bits per heavy atom. The molecule has 1 aliphatic carbocycles. The van der Waals surface area contributed by atoms with Gasteiger partial charge >= 0.3 is 0 Å². The summed E-state index contributed by atoms with van der Waals surface area (Å²) < 4.78 is 5.27. The van der Waals surface area contributed by atoms with E-state index in [1.54, 1.807) is 0 Å². The molecule has 1 spiro atoms. The molecule has 2 aromatic rings. The molecule has 1 amide bonds. The predicted octanol–water partition coefficient (Wildman–Crippen LogP) is 3.02. The molecule has 28 heavy (non-hydrogen) atoms. The monoisotopic (exact) mass is 383 g/mol. The van der Waals surface area contributed by atoms with Gasteiger partial charge in [0.05, 0.1) is 17.7 Å². The number of aromatic amines is 1. The Morgan fingerprint density at radius 3 is 2.89 bits per heavy atom. The van der Waals surface area contributed by atoms with E-state index in [9.17, 15) is 4.79 Å². The maximum absolute atomic E-state index is 13.1. The fraction of sp³-hybridized carbons (Fsp3) is 0.524. The maximum Gasteiger partial charge on any atom is 0.230 e. The average molecular weight is 383 g/mol. The van der Waals surface area contributed by atoms with Crippen LogP contribution in [0.4, 0.5) is 5.82 Å². The molecule has 0 radical (unpaired) electrons. The fourth-order valence-corrected chi connectivity index (χ4v) is 4.39. The number of aryl methyl sites for hydroxylation is 1. The van der Waals surface area contributed by atoms with Gasteiger partial charge in [0.25, 0.3) is 0 Å². The molecule has 2 aliphatic rings. The van der Waals surface area contributed by atoms with E-state index in [-0.39, 0.29) is 11.4 Å². The van der Waals surface area contributed by atoms with Crippen LogP contribution in [0.25, 0.3) is 5.70 Å². The summed E-state index contributed by atoms with van der Waals surface area (Å²) in [5.41, 5.74) is 3.16. The van der Waals surface area contributed by atoms with Crippen LogP contribution in [-0.4, -0.2) is 58.1 Å². The van der Waals surface area contributed by atoms with Gasteiger partial charge < -0.3 is 24.6 Å². The van der Waals surface area contributed by atoms with Crippen LogP contribution in [0.1, 0.15) is 43.2 Å². The Hall–Kier alpha value is -2.70. The largest absolute Gasteiger partial charge is 0.374 e. The highest BCUT2D eigenvalue weighted by atomic mass is 16.5. The van der Waals surface area contributed by atoms with Crippen molar-refractivity contribution in [2.75, 3.05) is 32.0 Å². The molecule has 1 saturated carbocycles. The zero-order valence-corrected chi connectivity index (χ0v) is 16.9. The lowest BCUT2D eigenvalue weighted by molar-refractivity contribution is -0.133. The molecule has 0 aromatic carbocycles. The minimum Gasteiger partial charge on any atom is -0.374 e. The van der Waals surface area contributed by atoms with Gasteiger partial charge in [0, 0.05) is 50.2 Å². The first-order chi connectivity index (χ1) is 13.6. The van der Waals surface area contributed by atoms with Crippen molar-refractivity contribution < 1.29 is 9.32 Å². The van der Waals surface area contributed by atoms with Gasteiger partial charge in [-0.3, -0.25) is 4.79 Å². The van der Waals surface area contributed by atoms with Gasteiger partial charge in [0.1, 0.15) is 11.6 Å². The average Bonchev–Trinajstić information content (AvgIpc) is 3.17. The lowest BCUT2D eigenvalue weighted by atomic mass is 10.1. The Morgan fingerprint density at radius 1 is 1.43 bits per heavy atom. The summed E-state index contributed by atoms with van der Waals surface area (Å²) in [5, 5.41) is 7.14. The van der Waals surface area contributed by atoms with Crippen molar-refractivity contribution in [2.24, 2.45) is 0 Å². The number of carbonyl (C=O) groups is 1. The molecule has 0 unspecified atom stereocenters. The van der Waals surface area contributed by atoms with E-state index in [4.69, 9.17) is 4.52 Å². The molecule has 1 saturated heterocycles. The highest BCUT2D eigenvalue weighted by Crippen LogP contribution is 2.45. The zero-order valence-electron chi connectivity index (χ0n) is 16.9. The molecule has 0 atom stereocenters. The van der Waals surface area contributed by atoms with Crippen molar-refractivity contribution in [3.63, 3.8) is 0 Å². The lowest BCUT2D eigenvalue weighted by Crippen LogP contribution is -2.46. The summed E-state index contributed by atoms with van der Waals surface area (Å²) in [7, 11) is 1.93. The number of aromatic nitrogens is 2. The molecule has 4 rings (SSSR count). The van der Waals surface area contributed by atoms with Crippen molar-refractivity contribution in [3.05, 3.63) is 41.4 Å². The molecule has 3 heterocycles. The smallest absolute Gasteiger partial charge is 0.230 e. The molecule has 0 bridgehead atoms. The molecule has 7 heteroatoms. The highest BCUT2D eigenvalue weighted by Gasteiger charge is 2.52. The van der Waals surface area contributed by atoms with E-state index < -0.39 is 0 Å². The highest BCUT2D eigenvalue weighted by molar-refractivity contribution is 5.80. The molecule has 2 fully saturated rings. The Labute approximate surface area is 165 Å². The number of anilines is 1. The number of amides is 1. The van der Waals surface area contributed by atoms with E-state index in [1.807, 2.05) is 26.2 Å². The molecule has 2 N–H and O–H groups in total. The van der Waals surface area contributed by atoms with Crippen molar-refractivity contribution in [1.29, 1.82) is 0 Å². The van der Waals surface area contributed by atoms with Crippen molar-refractivity contribution >= 4 is 17.4 Å². The second-order valence-electron chi connectivity index (χ2n) is 7.85. The van der Waals surface area contributed by atoms with Crippen molar-refractivity contribution in [2.45, 2.75) is 45.1 Å². The standard InChI is InChI=1S/C21H29N5O2/c1-4-18(17-6-9-23-20(17)22-3)25-10-5-11-26(21(14-25)7-8-21)19(27)13-16-12-15(2)24-28-16/h4,6,9,12,22-23H,5,7-8,10-11,13-14H2,1-3H3/b18-4+. The van der Waals surface area contributed by atoms with Gasteiger partial charge in [-0.1, -0.05) is 11.2 Å². The van der Waals surface area contributed by atoms with Crippen LogP contribution >= 0.6 is 0 Å². The van der Waals surface area contributed by atoms with Gasteiger partial charge in [-0.05, 0) is 39.2 Å². The third kappa shape index (κ3) is 3.41. The topological polar surface area (TPSA) is 77.4 Å². The number of nitrogens with one attached hydrogen (secondary N) is 2. The number of rotatable bonds is 5. The Bertz CT molecular complexity index is 877. The van der Waals surface area contributed by atoms with Crippen LogP contribution in [0.15, 0.2) is 28.9 Å². The number of H-pyrrole nitrogens is 1. The van der Waals surface area contributed by atoms with Gasteiger partial charge in [-0.2, -0.15) is 0 Å². The summed E-state index contributed by atoms with van der Waals surface area (Å²) in [6, 6.07) is 3.96. The molecule has 1 aliphatic heterocycles. The fourth-order valence-electron chi connectivity index (χ4n) is 4.39. The quantitative estimate of drug-likeness (QED) is 0.830. The normalized spacial score (nSPS) is 19.0. The van der Waals surface area contributed by atoms with E-state index in [1.165, 1.54) is 11.3 Å². The minimum atomic E-state index is -0.0486. The van der Waals surface area contributed by atoms with Crippen LogP contribution in [0, 0.1) is 6.92 Å². The predicted molar refractivity (Wildman–Crippen MR) is 109 cm³/mol.